The molecule has 0 spiro atoms. The molecule has 0 aliphatic rings. The number of benzene rings is 1. The van der Waals surface area contributed by atoms with Crippen molar-refractivity contribution in [2.45, 2.75) is 44.1 Å². The van der Waals surface area contributed by atoms with Crippen LogP contribution in [-0.4, -0.2) is 64.4 Å². The van der Waals surface area contributed by atoms with Crippen molar-refractivity contribution in [1.82, 2.24) is 19.5 Å². The van der Waals surface area contributed by atoms with Crippen LogP contribution in [0.2, 0.25) is 0 Å². The van der Waals surface area contributed by atoms with Crippen LogP contribution in [0.25, 0.3) is 11.0 Å². The standard InChI is InChI=1S/C29H36N4O5S/c1-21-24(30-13-11-27(21)37-17-7-15-35-3)19-33-26-10-6-5-9-23(26)32-29(33)39(34)20-25-22(2)28(12-14-31-25)38-18-8-16-36-4/h5-6,9-14H,7-8,15-20H2,1-4H3/t39-/m1/s1. The number of aromatic nitrogens is 4. The second-order valence-corrected chi connectivity index (χ2v) is 10.5. The SMILES string of the molecule is COCCCOc1ccnc(Cn2c([S@](=O)Cc3nccc(OCCCOC)c3C)nc3ccccc32)c1C. The van der Waals surface area contributed by atoms with E-state index in [0.29, 0.717) is 38.1 Å². The molecule has 3 heterocycles. The molecular weight excluding hydrogens is 516 g/mol. The van der Waals surface area contributed by atoms with Gasteiger partial charge in [-0.05, 0) is 38.1 Å². The maximum absolute atomic E-state index is 13.8. The van der Waals surface area contributed by atoms with Gasteiger partial charge in [0.05, 0.1) is 58.7 Å². The van der Waals surface area contributed by atoms with Crippen molar-refractivity contribution in [1.29, 1.82) is 0 Å². The van der Waals surface area contributed by atoms with Crippen LogP contribution in [0.15, 0.2) is 53.9 Å². The number of imidazole rings is 1. The fourth-order valence-electron chi connectivity index (χ4n) is 4.22. The van der Waals surface area contributed by atoms with Crippen molar-refractivity contribution in [3.8, 4) is 11.5 Å². The number of nitrogens with zero attached hydrogens (tertiary/aromatic N) is 4. The Kier molecular flexibility index (Phi) is 10.4. The highest BCUT2D eigenvalue weighted by Gasteiger charge is 2.20. The highest BCUT2D eigenvalue weighted by atomic mass is 32.2. The van der Waals surface area contributed by atoms with Gasteiger partial charge >= 0.3 is 0 Å². The maximum Gasteiger partial charge on any atom is 0.200 e. The van der Waals surface area contributed by atoms with Gasteiger partial charge in [0.25, 0.3) is 0 Å². The van der Waals surface area contributed by atoms with E-state index in [0.717, 1.165) is 57.9 Å². The van der Waals surface area contributed by atoms with Crippen LogP contribution >= 0.6 is 0 Å². The van der Waals surface area contributed by atoms with Crippen LogP contribution in [0.3, 0.4) is 0 Å². The van der Waals surface area contributed by atoms with Gasteiger partial charge in [0.15, 0.2) is 0 Å². The van der Waals surface area contributed by atoms with Crippen LogP contribution in [0.4, 0.5) is 0 Å². The lowest BCUT2D eigenvalue weighted by Crippen LogP contribution is -2.12. The number of para-hydroxylation sites is 2. The largest absolute Gasteiger partial charge is 0.493 e. The number of ether oxygens (including phenoxy) is 4. The molecule has 4 aromatic rings. The number of hydrogen-bond donors (Lipinski definition) is 0. The Morgan fingerprint density at radius 1 is 0.795 bits per heavy atom. The summed E-state index contributed by atoms with van der Waals surface area (Å²) in [6, 6.07) is 11.5. The zero-order chi connectivity index (χ0) is 27.6. The quantitative estimate of drug-likeness (QED) is 0.197. The van der Waals surface area contributed by atoms with Crippen LogP contribution in [0.5, 0.6) is 11.5 Å². The Morgan fingerprint density at radius 2 is 1.38 bits per heavy atom. The first kappa shape index (κ1) is 28.7. The highest BCUT2D eigenvalue weighted by Crippen LogP contribution is 2.27. The molecule has 0 aliphatic carbocycles. The average molecular weight is 553 g/mol. The van der Waals surface area contributed by atoms with Crippen molar-refractivity contribution in [2.24, 2.45) is 0 Å². The van der Waals surface area contributed by atoms with Crippen molar-refractivity contribution in [2.75, 3.05) is 40.6 Å². The molecule has 208 valence electrons. The normalized spacial score (nSPS) is 12.1. The lowest BCUT2D eigenvalue weighted by Gasteiger charge is -2.15. The summed E-state index contributed by atoms with van der Waals surface area (Å²) in [5.74, 6) is 1.74. The van der Waals surface area contributed by atoms with Crippen molar-refractivity contribution in [3.05, 3.63) is 71.3 Å². The number of pyridine rings is 2. The zero-order valence-electron chi connectivity index (χ0n) is 23.0. The van der Waals surface area contributed by atoms with E-state index in [2.05, 4.69) is 9.97 Å². The predicted molar refractivity (Wildman–Crippen MR) is 151 cm³/mol. The first-order chi connectivity index (χ1) is 19.0. The van der Waals surface area contributed by atoms with Gasteiger partial charge in [-0.15, -0.1) is 0 Å². The van der Waals surface area contributed by atoms with Crippen LogP contribution < -0.4 is 9.47 Å². The summed E-state index contributed by atoms with van der Waals surface area (Å²) in [5, 5.41) is 0.483. The molecule has 0 amide bonds. The van der Waals surface area contributed by atoms with Crippen LogP contribution in [0.1, 0.15) is 35.4 Å². The Labute approximate surface area is 232 Å². The zero-order valence-corrected chi connectivity index (χ0v) is 23.8. The third-order valence-corrected chi connectivity index (χ3v) is 7.67. The van der Waals surface area contributed by atoms with E-state index in [4.69, 9.17) is 23.9 Å². The van der Waals surface area contributed by atoms with Gasteiger partial charge in [0.1, 0.15) is 11.5 Å². The molecule has 0 bridgehead atoms. The van der Waals surface area contributed by atoms with Gasteiger partial charge in [-0.2, -0.15) is 0 Å². The first-order valence-electron chi connectivity index (χ1n) is 13.0. The van der Waals surface area contributed by atoms with Crippen LogP contribution in [0, 0.1) is 13.8 Å². The third kappa shape index (κ3) is 7.20. The molecule has 0 unspecified atom stereocenters. The fourth-order valence-corrected chi connectivity index (χ4v) is 5.50. The molecule has 9 nitrogen and oxygen atoms in total. The van der Waals surface area contributed by atoms with E-state index in [-0.39, 0.29) is 5.75 Å². The van der Waals surface area contributed by atoms with Gasteiger partial charge in [0.2, 0.25) is 5.16 Å². The van der Waals surface area contributed by atoms with Crippen molar-refractivity contribution >= 4 is 21.8 Å². The second-order valence-electron chi connectivity index (χ2n) is 9.11. The molecule has 0 saturated heterocycles. The molecule has 1 atom stereocenters. The Balaban J connectivity index is 1.59. The third-order valence-electron chi connectivity index (χ3n) is 6.42. The Hall–Kier alpha value is -3.34. The molecule has 1 aromatic carbocycles. The number of rotatable bonds is 15. The lowest BCUT2D eigenvalue weighted by molar-refractivity contribution is 0.171. The van der Waals surface area contributed by atoms with E-state index in [1.165, 1.54) is 0 Å². The minimum absolute atomic E-state index is 0.222. The molecule has 39 heavy (non-hydrogen) atoms. The Bertz CT molecular complexity index is 1410. The van der Waals surface area contributed by atoms with E-state index in [1.54, 1.807) is 26.6 Å². The van der Waals surface area contributed by atoms with Gasteiger partial charge in [-0.3, -0.25) is 14.2 Å². The minimum atomic E-state index is -1.46. The monoisotopic (exact) mass is 552 g/mol. The molecule has 3 aromatic heterocycles. The molecule has 0 saturated carbocycles. The predicted octanol–water partition coefficient (Wildman–Crippen LogP) is 4.63. The number of hydrogen-bond acceptors (Lipinski definition) is 8. The number of fused-ring (bicyclic) bond motifs is 1. The summed E-state index contributed by atoms with van der Waals surface area (Å²) < 4.78 is 37.9. The number of methoxy groups -OCH3 is 2. The van der Waals surface area contributed by atoms with Gasteiger partial charge in [-0.1, -0.05) is 12.1 Å². The highest BCUT2D eigenvalue weighted by molar-refractivity contribution is 7.84. The summed E-state index contributed by atoms with van der Waals surface area (Å²) in [6.45, 7) is 6.73. The van der Waals surface area contributed by atoms with Crippen molar-refractivity contribution in [3.63, 3.8) is 0 Å². The van der Waals surface area contributed by atoms with E-state index >= 15 is 0 Å². The molecular formula is C29H36N4O5S. The summed E-state index contributed by atoms with van der Waals surface area (Å²) >= 11 is 0. The minimum Gasteiger partial charge on any atom is -0.493 e. The van der Waals surface area contributed by atoms with E-state index < -0.39 is 10.8 Å². The topological polar surface area (TPSA) is 97.6 Å². The molecule has 0 aliphatic heterocycles. The van der Waals surface area contributed by atoms with Gasteiger partial charge < -0.3 is 23.5 Å². The molecule has 4 rings (SSSR count). The average Bonchev–Trinajstić information content (AvgIpc) is 3.31. The molecule has 0 fully saturated rings. The van der Waals surface area contributed by atoms with Gasteiger partial charge in [0, 0.05) is 63.8 Å². The Morgan fingerprint density at radius 3 is 2.03 bits per heavy atom. The summed E-state index contributed by atoms with van der Waals surface area (Å²) in [6.07, 6.45) is 5.03. The maximum atomic E-state index is 13.8. The second kappa shape index (κ2) is 14.2. The lowest BCUT2D eigenvalue weighted by atomic mass is 10.2. The summed E-state index contributed by atoms with van der Waals surface area (Å²) in [5.41, 5.74) is 5.05. The van der Waals surface area contributed by atoms with Gasteiger partial charge in [-0.25, -0.2) is 4.98 Å². The van der Waals surface area contributed by atoms with Crippen LogP contribution in [-0.2, 0) is 32.6 Å². The molecule has 0 radical (unpaired) electrons. The first-order valence-corrected chi connectivity index (χ1v) is 14.3. The molecule has 10 heteroatoms. The molecule has 0 N–H and O–H groups in total. The summed E-state index contributed by atoms with van der Waals surface area (Å²) in [7, 11) is 1.89. The van der Waals surface area contributed by atoms with E-state index in [9.17, 15) is 4.21 Å². The van der Waals surface area contributed by atoms with Crippen molar-refractivity contribution < 1.29 is 23.2 Å². The fraction of sp³-hybridized carbons (Fsp3) is 0.414. The van der Waals surface area contributed by atoms with E-state index in [1.807, 2.05) is 54.8 Å². The summed E-state index contributed by atoms with van der Waals surface area (Å²) in [4.78, 5) is 13.9. The smallest absolute Gasteiger partial charge is 0.200 e.